The van der Waals surface area contributed by atoms with Crippen molar-refractivity contribution in [3.8, 4) is 5.69 Å². The average Bonchev–Trinajstić information content (AvgIpc) is 3.47. The molecule has 2 aliphatic carbocycles. The summed E-state index contributed by atoms with van der Waals surface area (Å²) in [6, 6.07) is 10.5. The van der Waals surface area contributed by atoms with E-state index in [1.807, 2.05) is 0 Å². The summed E-state index contributed by atoms with van der Waals surface area (Å²) in [6.07, 6.45) is 0.212. The predicted octanol–water partition coefficient (Wildman–Crippen LogP) is 6.19. The highest BCUT2D eigenvalue weighted by atomic mass is 32.2. The van der Waals surface area contributed by atoms with Crippen LogP contribution in [0.3, 0.4) is 0 Å². The molecule has 1 saturated heterocycles. The van der Waals surface area contributed by atoms with Crippen molar-refractivity contribution in [1.29, 1.82) is 0 Å². The third kappa shape index (κ3) is 3.94. The summed E-state index contributed by atoms with van der Waals surface area (Å²) in [7, 11) is 0. The van der Waals surface area contributed by atoms with Crippen LogP contribution in [0, 0.1) is 11.7 Å². The van der Waals surface area contributed by atoms with Crippen molar-refractivity contribution in [2.24, 2.45) is 5.92 Å². The Morgan fingerprint density at radius 2 is 1.92 bits per heavy atom. The first kappa shape index (κ1) is 24.2. The number of fused-ring (bicyclic) bond motifs is 4. The maximum Gasteiger partial charge on any atom is 0.417 e. The summed E-state index contributed by atoms with van der Waals surface area (Å²) >= 11 is 1.78. The highest BCUT2D eigenvalue weighted by Gasteiger charge is 2.61. The van der Waals surface area contributed by atoms with Crippen LogP contribution in [0.25, 0.3) is 16.6 Å². The van der Waals surface area contributed by atoms with E-state index in [1.54, 1.807) is 35.0 Å². The number of aliphatic hydroxyl groups is 1. The average molecular weight is 520 g/mol. The van der Waals surface area contributed by atoms with E-state index in [9.17, 15) is 22.7 Å². The van der Waals surface area contributed by atoms with Gasteiger partial charge in [-0.1, -0.05) is 11.9 Å². The molecule has 1 aromatic heterocycles. The minimum absolute atomic E-state index is 0.249. The third-order valence-electron chi connectivity index (χ3n) is 8.56. The molecule has 0 amide bonds. The fourth-order valence-corrected chi connectivity index (χ4v) is 7.77. The number of nitrogens with zero attached hydrogens (tertiary/aromatic N) is 3. The van der Waals surface area contributed by atoms with Gasteiger partial charge in [0.25, 0.3) is 0 Å². The highest BCUT2D eigenvalue weighted by Crippen LogP contribution is 2.56. The molecule has 0 bridgehead atoms. The summed E-state index contributed by atoms with van der Waals surface area (Å²) in [5.74, 6) is 0.460. The molecular formula is C27H29F4N3OS. The normalized spacial score (nSPS) is 29.2. The van der Waals surface area contributed by atoms with Crippen LogP contribution in [0.4, 0.5) is 17.6 Å². The summed E-state index contributed by atoms with van der Waals surface area (Å²) < 4.78 is 59.3. The van der Waals surface area contributed by atoms with E-state index in [-0.39, 0.29) is 24.6 Å². The molecular weight excluding hydrogens is 490 g/mol. The zero-order chi connectivity index (χ0) is 25.1. The van der Waals surface area contributed by atoms with Gasteiger partial charge in [-0.2, -0.15) is 18.3 Å². The van der Waals surface area contributed by atoms with Gasteiger partial charge >= 0.3 is 6.18 Å². The molecule has 3 aliphatic rings. The van der Waals surface area contributed by atoms with E-state index in [1.165, 1.54) is 12.1 Å². The number of aromatic nitrogens is 2. The SMILES string of the molecule is O[C@]1(C(F)(F)F)CCC2(CN3CCCS3)c3cc4cnn(-c5ccc(F)cc5)c4cc3CCCC2C1. The van der Waals surface area contributed by atoms with Gasteiger partial charge in [0.05, 0.1) is 17.4 Å². The van der Waals surface area contributed by atoms with Crippen LogP contribution in [0.5, 0.6) is 0 Å². The highest BCUT2D eigenvalue weighted by molar-refractivity contribution is 7.97. The molecule has 2 aromatic carbocycles. The molecule has 1 saturated carbocycles. The van der Waals surface area contributed by atoms with Gasteiger partial charge in [0.15, 0.2) is 5.60 Å². The van der Waals surface area contributed by atoms with Crippen LogP contribution in [-0.2, 0) is 11.8 Å². The second-order valence-corrected chi connectivity index (χ2v) is 11.8. The lowest BCUT2D eigenvalue weighted by Crippen LogP contribution is -2.57. The molecule has 0 spiro atoms. The zero-order valence-corrected chi connectivity index (χ0v) is 20.7. The number of rotatable bonds is 3. The minimum atomic E-state index is -4.63. The van der Waals surface area contributed by atoms with Gasteiger partial charge in [0.2, 0.25) is 0 Å². The van der Waals surface area contributed by atoms with Gasteiger partial charge in [-0.25, -0.2) is 13.4 Å². The van der Waals surface area contributed by atoms with Crippen molar-refractivity contribution >= 4 is 22.9 Å². The Hall–Kier alpha value is -2.10. The zero-order valence-electron chi connectivity index (χ0n) is 19.9. The van der Waals surface area contributed by atoms with Crippen LogP contribution in [0.2, 0.25) is 0 Å². The number of hydrogen-bond donors (Lipinski definition) is 1. The summed E-state index contributed by atoms with van der Waals surface area (Å²) in [4.78, 5) is 0. The van der Waals surface area contributed by atoms with E-state index < -0.39 is 17.2 Å². The van der Waals surface area contributed by atoms with Crippen LogP contribution in [0.1, 0.15) is 49.7 Å². The summed E-state index contributed by atoms with van der Waals surface area (Å²) in [6.45, 7) is 1.63. The van der Waals surface area contributed by atoms with Crippen LogP contribution >= 0.6 is 11.9 Å². The summed E-state index contributed by atoms with van der Waals surface area (Å²) in [5, 5.41) is 16.2. The number of aryl methyl sites for hydroxylation is 1. The molecule has 1 aliphatic heterocycles. The van der Waals surface area contributed by atoms with Gasteiger partial charge in [-0.15, -0.1) is 0 Å². The largest absolute Gasteiger partial charge is 0.417 e. The summed E-state index contributed by atoms with van der Waals surface area (Å²) in [5.41, 5.74) is 0.859. The first-order valence-corrected chi connectivity index (χ1v) is 13.6. The molecule has 36 heavy (non-hydrogen) atoms. The molecule has 1 N–H and O–H groups in total. The molecule has 0 radical (unpaired) electrons. The predicted molar refractivity (Wildman–Crippen MR) is 133 cm³/mol. The molecule has 192 valence electrons. The second-order valence-electron chi connectivity index (χ2n) is 10.6. The fraction of sp³-hybridized carbons (Fsp3) is 0.519. The Labute approximate surface area is 211 Å². The lowest BCUT2D eigenvalue weighted by molar-refractivity contribution is -0.279. The van der Waals surface area contributed by atoms with Crippen molar-refractivity contribution in [3.63, 3.8) is 0 Å². The van der Waals surface area contributed by atoms with Gasteiger partial charge in [-0.05, 0) is 98.4 Å². The van der Waals surface area contributed by atoms with Crippen LogP contribution in [0.15, 0.2) is 42.6 Å². The molecule has 3 atom stereocenters. The van der Waals surface area contributed by atoms with Crippen molar-refractivity contribution in [2.75, 3.05) is 18.8 Å². The molecule has 3 aromatic rings. The molecule has 2 heterocycles. The number of hydrogen-bond acceptors (Lipinski definition) is 4. The number of alkyl halides is 3. The van der Waals surface area contributed by atoms with Gasteiger partial charge in [0, 0.05) is 29.6 Å². The first-order chi connectivity index (χ1) is 17.2. The van der Waals surface area contributed by atoms with E-state index in [0.717, 1.165) is 59.3 Å². The Kier molecular flexibility index (Phi) is 5.89. The fourth-order valence-electron chi connectivity index (χ4n) is 6.68. The van der Waals surface area contributed by atoms with Gasteiger partial charge in [0.1, 0.15) is 5.82 Å². The van der Waals surface area contributed by atoms with E-state index in [0.29, 0.717) is 19.4 Å². The van der Waals surface area contributed by atoms with Crippen LogP contribution in [-0.4, -0.2) is 49.8 Å². The Bertz CT molecular complexity index is 1270. The maximum atomic E-state index is 13.9. The van der Waals surface area contributed by atoms with Gasteiger partial charge in [-0.3, -0.25) is 0 Å². The smallest absolute Gasteiger partial charge is 0.380 e. The molecule has 4 nitrogen and oxygen atoms in total. The van der Waals surface area contributed by atoms with Crippen molar-refractivity contribution in [2.45, 2.75) is 62.1 Å². The number of benzene rings is 2. The topological polar surface area (TPSA) is 41.3 Å². The lowest BCUT2D eigenvalue weighted by atomic mass is 9.57. The monoisotopic (exact) mass is 519 g/mol. The standard InChI is InChI=1S/C27H29F4N3OS/c28-21-5-7-22(8-6-21)34-24-14-18-3-1-4-20-15-26(35,27(29,30)31)10-9-25(20,17-33-11-2-12-36-33)23(18)13-19(24)16-32-34/h5-8,13-14,16,20,35H,1-4,9-12,15,17H2/t20?,25?,26-/m1/s1. The van der Waals surface area contributed by atoms with Crippen molar-refractivity contribution < 1.29 is 22.7 Å². The molecule has 9 heteroatoms. The van der Waals surface area contributed by atoms with Crippen LogP contribution < -0.4 is 0 Å². The lowest BCUT2D eigenvalue weighted by Gasteiger charge is -2.51. The van der Waals surface area contributed by atoms with Crippen molar-refractivity contribution in [1.82, 2.24) is 14.1 Å². The Balaban J connectivity index is 1.47. The van der Waals surface area contributed by atoms with Gasteiger partial charge < -0.3 is 5.11 Å². The first-order valence-electron chi connectivity index (χ1n) is 12.6. The van der Waals surface area contributed by atoms with E-state index >= 15 is 0 Å². The quantitative estimate of drug-likeness (QED) is 0.331. The van der Waals surface area contributed by atoms with Crippen molar-refractivity contribution in [3.05, 3.63) is 59.5 Å². The molecule has 2 unspecified atom stereocenters. The maximum absolute atomic E-state index is 13.9. The number of halogens is 4. The second kappa shape index (κ2) is 8.74. The van der Waals surface area contributed by atoms with E-state index in [4.69, 9.17) is 0 Å². The third-order valence-corrected chi connectivity index (χ3v) is 9.71. The van der Waals surface area contributed by atoms with E-state index in [2.05, 4.69) is 21.5 Å². The minimum Gasteiger partial charge on any atom is -0.380 e. The molecule has 2 fully saturated rings. The Morgan fingerprint density at radius 1 is 1.11 bits per heavy atom. The molecule has 6 rings (SSSR count). The Morgan fingerprint density at radius 3 is 2.64 bits per heavy atom.